The summed E-state index contributed by atoms with van der Waals surface area (Å²) in [5.41, 5.74) is 5.31. The van der Waals surface area contributed by atoms with Crippen molar-refractivity contribution < 1.29 is 4.79 Å². The highest BCUT2D eigenvalue weighted by Crippen LogP contribution is 2.11. The smallest absolute Gasteiger partial charge is 0.221 e. The van der Waals surface area contributed by atoms with Crippen molar-refractivity contribution in [1.82, 2.24) is 10.2 Å². The van der Waals surface area contributed by atoms with Gasteiger partial charge in [0, 0.05) is 31.1 Å². The summed E-state index contributed by atoms with van der Waals surface area (Å²) in [5.74, 6) is -0.270. The Labute approximate surface area is 98.6 Å². The summed E-state index contributed by atoms with van der Waals surface area (Å²) in [5, 5.41) is 3.49. The number of nitrogens with two attached hydrogens (primary N) is 1. The van der Waals surface area contributed by atoms with Crippen LogP contribution in [0.15, 0.2) is 0 Å². The van der Waals surface area contributed by atoms with Crippen molar-refractivity contribution in [3.05, 3.63) is 0 Å². The lowest BCUT2D eigenvalue weighted by Gasteiger charge is -2.30. The lowest BCUT2D eigenvalue weighted by molar-refractivity contribution is -0.122. The van der Waals surface area contributed by atoms with Crippen LogP contribution in [0.1, 0.15) is 33.6 Å². The van der Waals surface area contributed by atoms with Crippen LogP contribution in [0.2, 0.25) is 0 Å². The van der Waals surface area contributed by atoms with Gasteiger partial charge in [-0.05, 0) is 33.2 Å². The number of amides is 1. The molecule has 94 valence electrons. The summed E-state index contributed by atoms with van der Waals surface area (Å²) in [6, 6.07) is 1.05. The Morgan fingerprint density at radius 2 is 2.19 bits per heavy atom. The van der Waals surface area contributed by atoms with Gasteiger partial charge in [-0.25, -0.2) is 0 Å². The molecule has 0 aromatic carbocycles. The first-order chi connectivity index (χ1) is 7.50. The summed E-state index contributed by atoms with van der Waals surface area (Å²) in [6.07, 6.45) is 2.51. The minimum atomic E-state index is -0.204. The van der Waals surface area contributed by atoms with Crippen molar-refractivity contribution in [3.63, 3.8) is 0 Å². The van der Waals surface area contributed by atoms with E-state index in [0.717, 1.165) is 19.6 Å². The fraction of sp³-hybridized carbons (Fsp3) is 0.917. The number of primary amides is 1. The number of rotatable bonds is 6. The average molecular weight is 227 g/mol. The molecule has 0 saturated carbocycles. The molecule has 0 aromatic heterocycles. The number of hydrogen-bond donors (Lipinski definition) is 2. The fourth-order valence-electron chi connectivity index (χ4n) is 2.13. The van der Waals surface area contributed by atoms with Gasteiger partial charge in [-0.1, -0.05) is 6.92 Å². The van der Waals surface area contributed by atoms with E-state index in [1.165, 1.54) is 12.8 Å². The standard InChI is InChI=1S/C12H25N3O/c1-9(2)15(7-10(3)12(13)16)8-11-5-4-6-14-11/h9-11,14H,4-8H2,1-3H3,(H2,13,16). The zero-order valence-electron chi connectivity index (χ0n) is 10.7. The molecule has 0 radical (unpaired) electrons. The van der Waals surface area contributed by atoms with Crippen molar-refractivity contribution in [2.45, 2.75) is 45.7 Å². The quantitative estimate of drug-likeness (QED) is 0.697. The second kappa shape index (κ2) is 6.21. The zero-order chi connectivity index (χ0) is 12.1. The van der Waals surface area contributed by atoms with E-state index >= 15 is 0 Å². The fourth-order valence-corrected chi connectivity index (χ4v) is 2.13. The van der Waals surface area contributed by atoms with Crippen LogP contribution in [-0.2, 0) is 4.79 Å². The highest BCUT2D eigenvalue weighted by atomic mass is 16.1. The van der Waals surface area contributed by atoms with E-state index in [0.29, 0.717) is 12.1 Å². The highest BCUT2D eigenvalue weighted by Gasteiger charge is 2.22. The first-order valence-electron chi connectivity index (χ1n) is 6.27. The van der Waals surface area contributed by atoms with Crippen molar-refractivity contribution in [2.24, 2.45) is 11.7 Å². The van der Waals surface area contributed by atoms with Gasteiger partial charge in [-0.2, -0.15) is 0 Å². The van der Waals surface area contributed by atoms with Gasteiger partial charge in [0.1, 0.15) is 0 Å². The SMILES string of the molecule is CC(CN(CC1CCCN1)C(C)C)C(N)=O. The van der Waals surface area contributed by atoms with Crippen LogP contribution in [0, 0.1) is 5.92 Å². The van der Waals surface area contributed by atoms with Gasteiger partial charge in [0.05, 0.1) is 0 Å². The maximum absolute atomic E-state index is 11.1. The molecule has 0 spiro atoms. The number of nitrogens with one attached hydrogen (secondary N) is 1. The molecule has 0 aromatic rings. The van der Waals surface area contributed by atoms with Crippen molar-refractivity contribution >= 4 is 5.91 Å². The summed E-state index contributed by atoms with van der Waals surface area (Å²) in [6.45, 7) is 9.16. The van der Waals surface area contributed by atoms with Gasteiger partial charge < -0.3 is 11.1 Å². The Morgan fingerprint density at radius 3 is 2.62 bits per heavy atom. The Kier molecular flexibility index (Phi) is 5.22. The second-order valence-corrected chi connectivity index (χ2v) is 5.14. The third-order valence-corrected chi connectivity index (χ3v) is 3.34. The third kappa shape index (κ3) is 4.10. The van der Waals surface area contributed by atoms with Crippen LogP contribution in [0.25, 0.3) is 0 Å². The average Bonchev–Trinajstić information content (AvgIpc) is 2.68. The summed E-state index contributed by atoms with van der Waals surface area (Å²) >= 11 is 0. The largest absolute Gasteiger partial charge is 0.369 e. The molecule has 2 unspecified atom stereocenters. The molecule has 1 aliphatic heterocycles. The van der Waals surface area contributed by atoms with E-state index in [9.17, 15) is 4.79 Å². The predicted octanol–water partition coefficient (Wildman–Crippen LogP) is 0.570. The Hall–Kier alpha value is -0.610. The number of hydrogen-bond acceptors (Lipinski definition) is 3. The van der Waals surface area contributed by atoms with Gasteiger partial charge in [0.25, 0.3) is 0 Å². The van der Waals surface area contributed by atoms with Crippen molar-refractivity contribution in [2.75, 3.05) is 19.6 Å². The van der Waals surface area contributed by atoms with E-state index in [-0.39, 0.29) is 11.8 Å². The maximum Gasteiger partial charge on any atom is 0.221 e. The summed E-state index contributed by atoms with van der Waals surface area (Å²) in [7, 11) is 0. The van der Waals surface area contributed by atoms with Gasteiger partial charge in [0.15, 0.2) is 0 Å². The van der Waals surface area contributed by atoms with E-state index in [1.807, 2.05) is 6.92 Å². The normalized spacial score (nSPS) is 22.9. The highest BCUT2D eigenvalue weighted by molar-refractivity contribution is 5.76. The van der Waals surface area contributed by atoms with Crippen LogP contribution in [-0.4, -0.2) is 42.5 Å². The zero-order valence-corrected chi connectivity index (χ0v) is 10.7. The van der Waals surface area contributed by atoms with E-state index in [1.54, 1.807) is 0 Å². The first-order valence-corrected chi connectivity index (χ1v) is 6.27. The Morgan fingerprint density at radius 1 is 1.50 bits per heavy atom. The molecule has 2 atom stereocenters. The predicted molar refractivity (Wildman–Crippen MR) is 66.1 cm³/mol. The molecule has 1 aliphatic rings. The minimum absolute atomic E-state index is 0.0659. The molecular formula is C12H25N3O. The molecule has 3 N–H and O–H groups in total. The summed E-state index contributed by atoms with van der Waals surface area (Å²) < 4.78 is 0. The lowest BCUT2D eigenvalue weighted by atomic mass is 10.1. The van der Waals surface area contributed by atoms with Gasteiger partial charge in [-0.3, -0.25) is 9.69 Å². The van der Waals surface area contributed by atoms with E-state index < -0.39 is 0 Å². The topological polar surface area (TPSA) is 58.4 Å². The van der Waals surface area contributed by atoms with Crippen LogP contribution in [0.5, 0.6) is 0 Å². The van der Waals surface area contributed by atoms with Gasteiger partial charge >= 0.3 is 0 Å². The lowest BCUT2D eigenvalue weighted by Crippen LogP contribution is -2.45. The molecule has 0 aliphatic carbocycles. The number of nitrogens with zero attached hydrogens (tertiary/aromatic N) is 1. The van der Waals surface area contributed by atoms with Crippen LogP contribution in [0.3, 0.4) is 0 Å². The summed E-state index contributed by atoms with van der Waals surface area (Å²) in [4.78, 5) is 13.4. The van der Waals surface area contributed by atoms with E-state index in [4.69, 9.17) is 5.73 Å². The number of carbonyl (C=O) groups excluding carboxylic acids is 1. The molecule has 0 bridgehead atoms. The monoisotopic (exact) mass is 227 g/mol. The Bertz CT molecular complexity index is 224. The molecule has 1 fully saturated rings. The third-order valence-electron chi connectivity index (χ3n) is 3.34. The molecule has 1 heterocycles. The van der Waals surface area contributed by atoms with Crippen molar-refractivity contribution in [1.29, 1.82) is 0 Å². The molecule has 1 rings (SSSR count). The van der Waals surface area contributed by atoms with Crippen LogP contribution in [0.4, 0.5) is 0 Å². The van der Waals surface area contributed by atoms with E-state index in [2.05, 4.69) is 24.1 Å². The second-order valence-electron chi connectivity index (χ2n) is 5.14. The van der Waals surface area contributed by atoms with Crippen LogP contribution >= 0.6 is 0 Å². The molecule has 4 heteroatoms. The Balaban J connectivity index is 2.43. The van der Waals surface area contributed by atoms with Gasteiger partial charge in [0.2, 0.25) is 5.91 Å². The van der Waals surface area contributed by atoms with Gasteiger partial charge in [-0.15, -0.1) is 0 Å². The molecule has 16 heavy (non-hydrogen) atoms. The molecule has 1 amide bonds. The molecule has 1 saturated heterocycles. The van der Waals surface area contributed by atoms with Crippen LogP contribution < -0.4 is 11.1 Å². The van der Waals surface area contributed by atoms with Crippen molar-refractivity contribution in [3.8, 4) is 0 Å². The maximum atomic E-state index is 11.1. The minimum Gasteiger partial charge on any atom is -0.369 e. The first kappa shape index (κ1) is 13.5. The molecule has 4 nitrogen and oxygen atoms in total. The number of carbonyl (C=O) groups is 1. The molecular weight excluding hydrogens is 202 g/mol.